The van der Waals surface area contributed by atoms with Crippen molar-refractivity contribution in [3.63, 3.8) is 0 Å². The molecule has 0 bridgehead atoms. The number of rotatable bonds is 8. The number of amides is 2. The molecule has 1 aliphatic carbocycles. The van der Waals surface area contributed by atoms with E-state index in [1.54, 1.807) is 0 Å². The van der Waals surface area contributed by atoms with Crippen LogP contribution < -0.4 is 10.6 Å². The highest BCUT2D eigenvalue weighted by Crippen LogP contribution is 2.27. The van der Waals surface area contributed by atoms with E-state index in [0.717, 1.165) is 44.7 Å². The monoisotopic (exact) mass is 414 g/mol. The van der Waals surface area contributed by atoms with E-state index in [2.05, 4.69) is 46.4 Å². The van der Waals surface area contributed by atoms with Gasteiger partial charge in [0.15, 0.2) is 0 Å². The van der Waals surface area contributed by atoms with Gasteiger partial charge in [-0.3, -0.25) is 9.59 Å². The molecule has 3 rings (SSSR count). The first-order valence-electron chi connectivity index (χ1n) is 11.4. The quantitative estimate of drug-likeness (QED) is 0.686. The number of carbonyl (C=O) groups excluding carboxylic acids is 2. The number of likely N-dealkylation sites (tertiary alicyclic amines) is 1. The SMILES string of the molecule is CC(C)CN1C[C@@H](C(=O)NCCN(C)C)C[C@@H](C(=O)Nc2ccc3c(c2)CCC3)C1. The smallest absolute Gasteiger partial charge is 0.228 e. The zero-order valence-electron chi connectivity index (χ0n) is 19.0. The van der Waals surface area contributed by atoms with Crippen LogP contribution in [0.1, 0.15) is 37.8 Å². The first kappa shape index (κ1) is 22.8. The van der Waals surface area contributed by atoms with Crippen LogP contribution in [0.3, 0.4) is 0 Å². The fourth-order valence-corrected chi connectivity index (χ4v) is 4.68. The maximum atomic E-state index is 13.1. The van der Waals surface area contributed by atoms with Gasteiger partial charge in [0.2, 0.25) is 11.8 Å². The van der Waals surface area contributed by atoms with Gasteiger partial charge in [0.05, 0.1) is 11.8 Å². The molecule has 1 aromatic carbocycles. The lowest BCUT2D eigenvalue weighted by Gasteiger charge is -2.37. The predicted octanol–water partition coefficient (Wildman–Crippen LogP) is 2.39. The molecule has 0 aromatic heterocycles. The van der Waals surface area contributed by atoms with E-state index in [-0.39, 0.29) is 23.7 Å². The molecule has 0 radical (unpaired) electrons. The highest BCUT2D eigenvalue weighted by Gasteiger charge is 2.35. The van der Waals surface area contributed by atoms with E-state index in [4.69, 9.17) is 0 Å². The third-order valence-corrected chi connectivity index (χ3v) is 6.12. The van der Waals surface area contributed by atoms with Crippen LogP contribution in [-0.2, 0) is 22.4 Å². The molecular formula is C24H38N4O2. The summed E-state index contributed by atoms with van der Waals surface area (Å²) in [7, 11) is 3.99. The normalized spacial score (nSPS) is 21.7. The van der Waals surface area contributed by atoms with Gasteiger partial charge in [0.25, 0.3) is 0 Å². The number of likely N-dealkylation sites (N-methyl/N-ethyl adjacent to an activating group) is 1. The Balaban J connectivity index is 1.63. The number of benzene rings is 1. The number of piperidine rings is 1. The van der Waals surface area contributed by atoms with Crippen LogP contribution in [0.2, 0.25) is 0 Å². The Kier molecular flexibility index (Phi) is 7.89. The summed E-state index contributed by atoms with van der Waals surface area (Å²) in [4.78, 5) is 30.2. The second-order valence-electron chi connectivity index (χ2n) is 9.66. The molecule has 30 heavy (non-hydrogen) atoms. The van der Waals surface area contributed by atoms with Gasteiger partial charge in [-0.05, 0) is 69.0 Å². The molecule has 0 spiro atoms. The van der Waals surface area contributed by atoms with E-state index < -0.39 is 0 Å². The number of aryl methyl sites for hydroxylation is 2. The Morgan fingerprint density at radius 1 is 1.10 bits per heavy atom. The number of hydrogen-bond donors (Lipinski definition) is 2. The van der Waals surface area contributed by atoms with Crippen LogP contribution in [0.25, 0.3) is 0 Å². The number of carbonyl (C=O) groups is 2. The van der Waals surface area contributed by atoms with Crippen LogP contribution in [0.5, 0.6) is 0 Å². The zero-order valence-corrected chi connectivity index (χ0v) is 19.0. The van der Waals surface area contributed by atoms with Crippen LogP contribution >= 0.6 is 0 Å². The fourth-order valence-electron chi connectivity index (χ4n) is 4.68. The molecule has 1 aliphatic heterocycles. The molecule has 2 amide bonds. The molecular weight excluding hydrogens is 376 g/mol. The Hall–Kier alpha value is -1.92. The van der Waals surface area contributed by atoms with Crippen LogP contribution in [0.15, 0.2) is 18.2 Å². The summed E-state index contributed by atoms with van der Waals surface area (Å²) in [6.07, 6.45) is 4.05. The molecule has 6 nitrogen and oxygen atoms in total. The molecule has 0 saturated carbocycles. The van der Waals surface area contributed by atoms with Gasteiger partial charge in [-0.25, -0.2) is 0 Å². The Labute approximate surface area is 181 Å². The van der Waals surface area contributed by atoms with E-state index in [9.17, 15) is 9.59 Å². The van der Waals surface area contributed by atoms with Crippen molar-refractivity contribution in [2.45, 2.75) is 39.5 Å². The number of nitrogens with zero attached hydrogens (tertiary/aromatic N) is 2. The average molecular weight is 415 g/mol. The number of nitrogens with one attached hydrogen (secondary N) is 2. The molecule has 2 N–H and O–H groups in total. The summed E-state index contributed by atoms with van der Waals surface area (Å²) >= 11 is 0. The summed E-state index contributed by atoms with van der Waals surface area (Å²) in [5.41, 5.74) is 3.65. The minimum absolute atomic E-state index is 0.0347. The van der Waals surface area contributed by atoms with Gasteiger partial charge >= 0.3 is 0 Å². The molecule has 166 valence electrons. The fraction of sp³-hybridized carbons (Fsp3) is 0.667. The molecule has 2 atom stereocenters. The lowest BCUT2D eigenvalue weighted by Crippen LogP contribution is -2.50. The largest absolute Gasteiger partial charge is 0.355 e. The van der Waals surface area contributed by atoms with Crippen molar-refractivity contribution in [1.82, 2.24) is 15.1 Å². The first-order valence-corrected chi connectivity index (χ1v) is 11.4. The van der Waals surface area contributed by atoms with Crippen molar-refractivity contribution in [3.8, 4) is 0 Å². The van der Waals surface area contributed by atoms with Gasteiger partial charge in [0.1, 0.15) is 0 Å². The molecule has 6 heteroatoms. The van der Waals surface area contributed by atoms with E-state index in [1.165, 1.54) is 17.5 Å². The van der Waals surface area contributed by atoms with Gasteiger partial charge in [-0.1, -0.05) is 19.9 Å². The molecule has 1 saturated heterocycles. The average Bonchev–Trinajstić information content (AvgIpc) is 3.14. The second kappa shape index (κ2) is 10.4. The van der Waals surface area contributed by atoms with Crippen molar-refractivity contribution in [3.05, 3.63) is 29.3 Å². The van der Waals surface area contributed by atoms with Crippen molar-refractivity contribution in [2.75, 3.05) is 52.1 Å². The van der Waals surface area contributed by atoms with Gasteiger partial charge in [-0.2, -0.15) is 0 Å². The summed E-state index contributed by atoms with van der Waals surface area (Å²) in [5, 5.41) is 6.18. The van der Waals surface area contributed by atoms with E-state index in [1.807, 2.05) is 20.2 Å². The highest BCUT2D eigenvalue weighted by atomic mass is 16.2. The van der Waals surface area contributed by atoms with Crippen molar-refractivity contribution in [2.24, 2.45) is 17.8 Å². The molecule has 1 aromatic rings. The minimum atomic E-state index is -0.171. The predicted molar refractivity (Wildman–Crippen MR) is 122 cm³/mol. The minimum Gasteiger partial charge on any atom is -0.355 e. The number of fused-ring (bicyclic) bond motifs is 1. The van der Waals surface area contributed by atoms with Gasteiger partial charge in [0, 0.05) is 38.4 Å². The highest BCUT2D eigenvalue weighted by molar-refractivity contribution is 5.93. The van der Waals surface area contributed by atoms with E-state index >= 15 is 0 Å². The summed E-state index contributed by atoms with van der Waals surface area (Å²) in [6, 6.07) is 6.29. The standard InChI is InChI=1S/C24H38N4O2/c1-17(2)14-28-15-20(23(29)25-10-11-27(3)4)12-21(16-28)24(30)26-22-9-8-18-6-5-7-19(18)13-22/h8-9,13,17,20-21H,5-7,10-12,14-16H2,1-4H3,(H,25,29)(H,26,30)/t20-,21+/m0/s1. The molecule has 1 fully saturated rings. The molecule has 2 aliphatic rings. The summed E-state index contributed by atoms with van der Waals surface area (Å²) < 4.78 is 0. The van der Waals surface area contributed by atoms with Crippen LogP contribution in [0, 0.1) is 17.8 Å². The summed E-state index contributed by atoms with van der Waals surface area (Å²) in [5.74, 6) is 0.292. The first-order chi connectivity index (χ1) is 14.3. The molecule has 1 heterocycles. The zero-order chi connectivity index (χ0) is 21.7. The van der Waals surface area contributed by atoms with Crippen molar-refractivity contribution < 1.29 is 9.59 Å². The second-order valence-corrected chi connectivity index (χ2v) is 9.66. The third-order valence-electron chi connectivity index (χ3n) is 6.12. The summed E-state index contributed by atoms with van der Waals surface area (Å²) in [6.45, 7) is 8.17. The maximum Gasteiger partial charge on any atom is 0.228 e. The number of hydrogen-bond acceptors (Lipinski definition) is 4. The Morgan fingerprint density at radius 2 is 1.80 bits per heavy atom. The van der Waals surface area contributed by atoms with Crippen molar-refractivity contribution in [1.29, 1.82) is 0 Å². The van der Waals surface area contributed by atoms with Crippen LogP contribution in [-0.4, -0.2) is 68.4 Å². The van der Waals surface area contributed by atoms with Gasteiger partial charge < -0.3 is 20.4 Å². The third kappa shape index (κ3) is 6.29. The number of anilines is 1. The lowest BCUT2D eigenvalue weighted by atomic mass is 9.87. The maximum absolute atomic E-state index is 13.1. The van der Waals surface area contributed by atoms with Crippen molar-refractivity contribution >= 4 is 17.5 Å². The van der Waals surface area contributed by atoms with Crippen LogP contribution in [0.4, 0.5) is 5.69 Å². The Morgan fingerprint density at radius 3 is 2.50 bits per heavy atom. The lowest BCUT2D eigenvalue weighted by molar-refractivity contribution is -0.130. The van der Waals surface area contributed by atoms with Gasteiger partial charge in [-0.15, -0.1) is 0 Å². The van der Waals surface area contributed by atoms with E-state index in [0.29, 0.717) is 18.9 Å². The Bertz CT molecular complexity index is 747. The molecule has 0 unspecified atom stereocenters. The topological polar surface area (TPSA) is 64.7 Å².